The zero-order chi connectivity index (χ0) is 12.5. The lowest BCUT2D eigenvalue weighted by Gasteiger charge is -2.05. The van der Waals surface area contributed by atoms with Gasteiger partial charge in [-0.25, -0.2) is 4.79 Å². The van der Waals surface area contributed by atoms with Crippen molar-refractivity contribution in [2.75, 3.05) is 6.61 Å². The largest absolute Gasteiger partial charge is 0.462 e. The van der Waals surface area contributed by atoms with Gasteiger partial charge in [-0.3, -0.25) is 4.79 Å². The molecule has 0 heterocycles. The van der Waals surface area contributed by atoms with Crippen molar-refractivity contribution in [2.45, 2.75) is 32.6 Å². The highest BCUT2D eigenvalue weighted by Crippen LogP contribution is 2.08. The predicted molar refractivity (Wildman–Crippen MR) is 65.7 cm³/mol. The Morgan fingerprint density at radius 2 is 2.00 bits per heavy atom. The van der Waals surface area contributed by atoms with Crippen molar-refractivity contribution in [3.63, 3.8) is 0 Å². The zero-order valence-electron chi connectivity index (χ0n) is 10.1. The summed E-state index contributed by atoms with van der Waals surface area (Å²) in [6.45, 7) is 2.54. The summed E-state index contributed by atoms with van der Waals surface area (Å²) in [5.74, 6) is -0.444. The van der Waals surface area contributed by atoms with Gasteiger partial charge in [0.25, 0.3) is 0 Å². The molecule has 0 saturated heterocycles. The van der Waals surface area contributed by atoms with Crippen LogP contribution in [0.25, 0.3) is 0 Å². The lowest BCUT2D eigenvalue weighted by Crippen LogP contribution is -2.09. The van der Waals surface area contributed by atoms with Gasteiger partial charge in [-0.15, -0.1) is 0 Å². The molecule has 0 unspecified atom stereocenters. The molecule has 1 aromatic rings. The number of carbonyl (C=O) groups is 1. The van der Waals surface area contributed by atoms with E-state index in [1.807, 2.05) is 0 Å². The fraction of sp³-hybridized carbons (Fsp3) is 0.429. The molecule has 91 valence electrons. The van der Waals surface area contributed by atoms with Gasteiger partial charge < -0.3 is 4.74 Å². The first kappa shape index (κ1) is 13.4. The van der Waals surface area contributed by atoms with E-state index in [4.69, 9.17) is 4.74 Å². The van der Waals surface area contributed by atoms with Crippen LogP contribution in [0.15, 0.2) is 24.3 Å². The maximum absolute atomic E-state index is 11.7. The summed E-state index contributed by atoms with van der Waals surface area (Å²) < 4.78 is 5.10. The fourth-order valence-corrected chi connectivity index (χ4v) is 1.52. The summed E-state index contributed by atoms with van der Waals surface area (Å²) in [6, 6.07) is 6.53. The van der Waals surface area contributed by atoms with Crippen LogP contribution in [0.3, 0.4) is 0 Å². The summed E-state index contributed by atoms with van der Waals surface area (Å²) in [7, 11) is 0. The molecule has 0 fully saturated rings. The molecule has 0 atom stereocenters. The lowest BCUT2D eigenvalue weighted by molar-refractivity contribution is 0.0497. The molecule has 0 aliphatic carbocycles. The molecule has 0 aliphatic heterocycles. The second-order valence-corrected chi connectivity index (χ2v) is 3.84. The highest BCUT2D eigenvalue weighted by molar-refractivity contribution is 5.98. The van der Waals surface area contributed by atoms with E-state index in [2.05, 4.69) is 6.92 Å². The molecule has 3 heteroatoms. The molecule has 0 N–H and O–H groups in total. The number of ether oxygens (including phenoxy) is 1. The molecule has 17 heavy (non-hydrogen) atoms. The van der Waals surface area contributed by atoms with Crippen LogP contribution in [0.5, 0.6) is 0 Å². The standard InChI is InChI=1S/C14H17O3/c1-2-3-4-7-10-17-14(16)13-9-6-5-8-12(13)11-15/h5-6,8-9H,2-4,7,10H2,1H3. The Hall–Kier alpha value is -1.64. The van der Waals surface area contributed by atoms with Gasteiger partial charge in [-0.1, -0.05) is 44.4 Å². The number of benzene rings is 1. The van der Waals surface area contributed by atoms with Gasteiger partial charge in [0.1, 0.15) is 0 Å². The Bertz CT molecular complexity index is 371. The second kappa shape index (κ2) is 7.60. The molecule has 0 amide bonds. The highest BCUT2D eigenvalue weighted by Gasteiger charge is 2.11. The number of unbranched alkanes of at least 4 members (excludes halogenated alkanes) is 3. The molecule has 0 spiro atoms. The van der Waals surface area contributed by atoms with E-state index in [0.717, 1.165) is 25.7 Å². The molecule has 1 radical (unpaired) electrons. The van der Waals surface area contributed by atoms with Crippen molar-refractivity contribution in [1.29, 1.82) is 0 Å². The van der Waals surface area contributed by atoms with E-state index in [-0.39, 0.29) is 11.1 Å². The van der Waals surface area contributed by atoms with Crippen LogP contribution in [-0.2, 0) is 9.53 Å². The van der Waals surface area contributed by atoms with Gasteiger partial charge >= 0.3 is 5.97 Å². The smallest absolute Gasteiger partial charge is 0.338 e. The van der Waals surface area contributed by atoms with Gasteiger partial charge in [0.05, 0.1) is 12.2 Å². The van der Waals surface area contributed by atoms with Gasteiger partial charge in [0.15, 0.2) is 0 Å². The molecule has 0 saturated carbocycles. The first-order valence-electron chi connectivity index (χ1n) is 5.94. The van der Waals surface area contributed by atoms with Crippen molar-refractivity contribution >= 4 is 12.3 Å². The lowest BCUT2D eigenvalue weighted by atomic mass is 10.1. The molecular weight excluding hydrogens is 216 g/mol. The van der Waals surface area contributed by atoms with Crippen molar-refractivity contribution in [3.8, 4) is 0 Å². The monoisotopic (exact) mass is 233 g/mol. The minimum atomic E-state index is -0.444. The fourth-order valence-electron chi connectivity index (χ4n) is 1.52. The zero-order valence-corrected chi connectivity index (χ0v) is 10.1. The van der Waals surface area contributed by atoms with Crippen LogP contribution in [-0.4, -0.2) is 18.9 Å². The second-order valence-electron chi connectivity index (χ2n) is 3.84. The Balaban J connectivity index is 2.44. The molecule has 0 aliphatic rings. The van der Waals surface area contributed by atoms with E-state index in [9.17, 15) is 9.59 Å². The third kappa shape index (κ3) is 4.39. The van der Waals surface area contributed by atoms with Crippen molar-refractivity contribution in [2.24, 2.45) is 0 Å². The Morgan fingerprint density at radius 1 is 1.24 bits per heavy atom. The van der Waals surface area contributed by atoms with E-state index in [1.54, 1.807) is 30.6 Å². The molecule has 1 rings (SSSR count). The SMILES string of the molecule is CCCCCCOC(=O)c1ccccc1[C]=O. The van der Waals surface area contributed by atoms with Crippen LogP contribution < -0.4 is 0 Å². The third-order valence-corrected chi connectivity index (χ3v) is 2.49. The summed E-state index contributed by atoms with van der Waals surface area (Å²) in [4.78, 5) is 22.3. The summed E-state index contributed by atoms with van der Waals surface area (Å²) in [6.07, 6.45) is 5.96. The van der Waals surface area contributed by atoms with Gasteiger partial charge in [0, 0.05) is 5.56 Å². The topological polar surface area (TPSA) is 43.4 Å². The van der Waals surface area contributed by atoms with Crippen LogP contribution in [0.4, 0.5) is 0 Å². The first-order valence-corrected chi connectivity index (χ1v) is 5.94. The quantitative estimate of drug-likeness (QED) is 0.537. The van der Waals surface area contributed by atoms with Crippen LogP contribution in [0, 0.1) is 0 Å². The average Bonchev–Trinajstić information content (AvgIpc) is 2.38. The minimum Gasteiger partial charge on any atom is -0.462 e. The number of hydrogen-bond donors (Lipinski definition) is 0. The minimum absolute atomic E-state index is 0.256. The van der Waals surface area contributed by atoms with E-state index in [1.165, 1.54) is 0 Å². The molecule has 0 bridgehead atoms. The van der Waals surface area contributed by atoms with Crippen molar-refractivity contribution in [1.82, 2.24) is 0 Å². The summed E-state index contributed by atoms with van der Waals surface area (Å²) in [5, 5.41) is 0. The number of hydrogen-bond acceptors (Lipinski definition) is 3. The Labute approximate surface area is 102 Å². The molecule has 3 nitrogen and oxygen atoms in total. The molecule has 1 aromatic carbocycles. The van der Waals surface area contributed by atoms with E-state index >= 15 is 0 Å². The third-order valence-electron chi connectivity index (χ3n) is 2.49. The number of rotatable bonds is 7. The summed E-state index contributed by atoms with van der Waals surface area (Å²) in [5.41, 5.74) is 0.545. The van der Waals surface area contributed by atoms with Gasteiger partial charge in [-0.2, -0.15) is 0 Å². The summed E-state index contributed by atoms with van der Waals surface area (Å²) >= 11 is 0. The first-order chi connectivity index (χ1) is 8.29. The van der Waals surface area contributed by atoms with Crippen LogP contribution in [0.2, 0.25) is 0 Å². The number of esters is 1. The number of carbonyl (C=O) groups excluding carboxylic acids is 2. The maximum atomic E-state index is 11.7. The average molecular weight is 233 g/mol. The van der Waals surface area contributed by atoms with Crippen LogP contribution in [0.1, 0.15) is 48.5 Å². The van der Waals surface area contributed by atoms with E-state index in [0.29, 0.717) is 6.61 Å². The van der Waals surface area contributed by atoms with Crippen LogP contribution >= 0.6 is 0 Å². The highest BCUT2D eigenvalue weighted by atomic mass is 16.5. The Morgan fingerprint density at radius 3 is 2.71 bits per heavy atom. The Kier molecular flexibility index (Phi) is 6.00. The predicted octanol–water partition coefficient (Wildman–Crippen LogP) is 2.88. The molecular formula is C14H17O3. The van der Waals surface area contributed by atoms with Gasteiger partial charge in [0.2, 0.25) is 6.29 Å². The van der Waals surface area contributed by atoms with Crippen molar-refractivity contribution < 1.29 is 14.3 Å². The van der Waals surface area contributed by atoms with Crippen molar-refractivity contribution in [3.05, 3.63) is 35.4 Å². The van der Waals surface area contributed by atoms with Gasteiger partial charge in [-0.05, 0) is 12.5 Å². The molecule has 0 aromatic heterocycles. The van der Waals surface area contributed by atoms with E-state index < -0.39 is 5.97 Å². The normalized spacial score (nSPS) is 9.94. The maximum Gasteiger partial charge on any atom is 0.338 e.